The second-order valence-corrected chi connectivity index (χ2v) is 6.91. The van der Waals surface area contributed by atoms with Gasteiger partial charge in [0.25, 0.3) is 0 Å². The van der Waals surface area contributed by atoms with E-state index in [4.69, 9.17) is 14.2 Å². The molecule has 0 aliphatic carbocycles. The molecule has 2 rings (SSSR count). The maximum atomic E-state index is 13.8. The Bertz CT molecular complexity index is 598. The number of para-hydroxylation sites is 1. The zero-order chi connectivity index (χ0) is 20.2. The maximum absolute atomic E-state index is 13.8. The van der Waals surface area contributed by atoms with Gasteiger partial charge in [-0.3, -0.25) is 4.99 Å². The summed E-state index contributed by atoms with van der Waals surface area (Å²) in [6, 6.07) is 6.51. The monoisotopic (exact) mass is 523 g/mol. The van der Waals surface area contributed by atoms with Gasteiger partial charge in [-0.05, 0) is 37.8 Å². The van der Waals surface area contributed by atoms with E-state index in [2.05, 4.69) is 15.2 Å². The molecule has 0 spiro atoms. The zero-order valence-corrected chi connectivity index (χ0v) is 20.1. The highest BCUT2D eigenvalue weighted by Crippen LogP contribution is 2.18. The Labute approximate surface area is 191 Å². The average molecular weight is 523 g/mol. The maximum Gasteiger partial charge on any atom is 0.193 e. The summed E-state index contributed by atoms with van der Waals surface area (Å²) in [7, 11) is 3.50. The summed E-state index contributed by atoms with van der Waals surface area (Å²) in [5.74, 6) is 0.809. The van der Waals surface area contributed by atoms with Crippen LogP contribution in [-0.4, -0.2) is 70.1 Å². The molecule has 1 aromatic rings. The molecule has 1 saturated heterocycles. The van der Waals surface area contributed by atoms with E-state index in [1.807, 2.05) is 6.92 Å². The normalized spacial score (nSPS) is 16.3. The van der Waals surface area contributed by atoms with Gasteiger partial charge >= 0.3 is 0 Å². The predicted molar refractivity (Wildman–Crippen MR) is 125 cm³/mol. The van der Waals surface area contributed by atoms with E-state index in [0.29, 0.717) is 12.6 Å². The number of aliphatic imine (C=N–C) groups is 1. The van der Waals surface area contributed by atoms with Crippen molar-refractivity contribution in [3.63, 3.8) is 0 Å². The molecular weight excluding hydrogens is 488 g/mol. The van der Waals surface area contributed by atoms with Crippen molar-refractivity contribution in [2.75, 3.05) is 47.0 Å². The number of hydrogen-bond acceptors (Lipinski definition) is 4. The van der Waals surface area contributed by atoms with Gasteiger partial charge in [0.1, 0.15) is 6.10 Å². The van der Waals surface area contributed by atoms with Crippen LogP contribution in [0.25, 0.3) is 0 Å². The molecule has 1 atom stereocenters. The number of nitrogens with zero attached hydrogens (tertiary/aromatic N) is 2. The third kappa shape index (κ3) is 9.04. The summed E-state index contributed by atoms with van der Waals surface area (Å²) >= 11 is 0. The van der Waals surface area contributed by atoms with E-state index in [1.165, 1.54) is 6.07 Å². The van der Waals surface area contributed by atoms with Gasteiger partial charge in [0, 0.05) is 40.5 Å². The lowest BCUT2D eigenvalue weighted by Crippen LogP contribution is -2.49. The third-order valence-electron chi connectivity index (χ3n) is 4.87. The highest BCUT2D eigenvalue weighted by Gasteiger charge is 2.22. The standard InChI is InChI=1S/C21H34FN3O3.HI/c1-4-17(28-20-9-6-5-8-19(20)22)16-24-21(23-2)25-12-10-18(11-13-25)27-15-7-14-26-3;/h5-6,8-9,17-18H,4,7,10-16H2,1-3H3,(H,23,24);1H. The van der Waals surface area contributed by atoms with Gasteiger partial charge in [-0.2, -0.15) is 0 Å². The van der Waals surface area contributed by atoms with Crippen LogP contribution in [0.3, 0.4) is 0 Å². The van der Waals surface area contributed by atoms with Gasteiger partial charge < -0.3 is 24.4 Å². The molecule has 1 aliphatic heterocycles. The number of nitrogens with one attached hydrogen (secondary N) is 1. The van der Waals surface area contributed by atoms with Crippen molar-refractivity contribution in [2.24, 2.45) is 4.99 Å². The molecule has 1 aliphatic rings. The first-order valence-corrected chi connectivity index (χ1v) is 10.1. The van der Waals surface area contributed by atoms with E-state index >= 15 is 0 Å². The molecule has 0 aromatic heterocycles. The van der Waals surface area contributed by atoms with Crippen molar-refractivity contribution in [1.29, 1.82) is 0 Å². The topological polar surface area (TPSA) is 55.3 Å². The van der Waals surface area contributed by atoms with Crippen LogP contribution in [0.1, 0.15) is 32.6 Å². The van der Waals surface area contributed by atoms with Crippen molar-refractivity contribution in [3.05, 3.63) is 30.1 Å². The number of halogens is 2. The number of rotatable bonds is 10. The minimum Gasteiger partial charge on any atom is -0.486 e. The van der Waals surface area contributed by atoms with E-state index < -0.39 is 0 Å². The fourth-order valence-corrected chi connectivity index (χ4v) is 3.21. The first kappa shape index (κ1) is 25.9. The van der Waals surface area contributed by atoms with Crippen LogP contribution < -0.4 is 10.1 Å². The number of hydrogen-bond donors (Lipinski definition) is 1. The number of piperidine rings is 1. The number of likely N-dealkylation sites (tertiary alicyclic amines) is 1. The fourth-order valence-electron chi connectivity index (χ4n) is 3.21. The van der Waals surface area contributed by atoms with Crippen molar-refractivity contribution < 1.29 is 18.6 Å². The van der Waals surface area contributed by atoms with Crippen molar-refractivity contribution in [2.45, 2.75) is 44.8 Å². The number of benzene rings is 1. The molecule has 29 heavy (non-hydrogen) atoms. The van der Waals surface area contributed by atoms with E-state index in [-0.39, 0.29) is 41.6 Å². The van der Waals surface area contributed by atoms with Crippen LogP contribution in [0.2, 0.25) is 0 Å². The van der Waals surface area contributed by atoms with Gasteiger partial charge in [0.2, 0.25) is 0 Å². The summed E-state index contributed by atoms with van der Waals surface area (Å²) < 4.78 is 30.6. The van der Waals surface area contributed by atoms with E-state index in [9.17, 15) is 4.39 Å². The highest BCUT2D eigenvalue weighted by atomic mass is 127. The number of methoxy groups -OCH3 is 1. The zero-order valence-electron chi connectivity index (χ0n) is 17.7. The van der Waals surface area contributed by atoms with Crippen LogP contribution >= 0.6 is 24.0 Å². The predicted octanol–water partition coefficient (Wildman–Crippen LogP) is 3.69. The summed E-state index contributed by atoms with van der Waals surface area (Å²) in [6.07, 6.45) is 3.85. The molecule has 0 saturated carbocycles. The Kier molecular flexibility index (Phi) is 13.2. The Balaban J connectivity index is 0.00000420. The van der Waals surface area contributed by atoms with Gasteiger partial charge in [-0.15, -0.1) is 24.0 Å². The van der Waals surface area contributed by atoms with Crippen LogP contribution in [0.4, 0.5) is 4.39 Å². The molecule has 0 radical (unpaired) electrons. The molecule has 1 N–H and O–H groups in total. The highest BCUT2D eigenvalue weighted by molar-refractivity contribution is 14.0. The van der Waals surface area contributed by atoms with Gasteiger partial charge in [0.15, 0.2) is 17.5 Å². The summed E-state index contributed by atoms with van der Waals surface area (Å²) in [5.41, 5.74) is 0. The quantitative estimate of drug-likeness (QED) is 0.220. The Morgan fingerprint density at radius 3 is 2.62 bits per heavy atom. The fraction of sp³-hybridized carbons (Fsp3) is 0.667. The molecule has 166 valence electrons. The molecular formula is C21H35FIN3O3. The Morgan fingerprint density at radius 1 is 1.28 bits per heavy atom. The molecule has 0 amide bonds. The molecule has 6 nitrogen and oxygen atoms in total. The van der Waals surface area contributed by atoms with Crippen molar-refractivity contribution >= 4 is 29.9 Å². The van der Waals surface area contributed by atoms with Gasteiger partial charge in [-0.1, -0.05) is 19.1 Å². The second kappa shape index (κ2) is 14.8. The van der Waals surface area contributed by atoms with E-state index in [0.717, 1.165) is 57.9 Å². The molecule has 8 heteroatoms. The first-order valence-electron chi connectivity index (χ1n) is 10.1. The molecule has 1 fully saturated rings. The number of ether oxygens (including phenoxy) is 3. The largest absolute Gasteiger partial charge is 0.486 e. The van der Waals surface area contributed by atoms with Gasteiger partial charge in [0.05, 0.1) is 12.6 Å². The SMILES string of the molecule is CCC(CNC(=NC)N1CCC(OCCCOC)CC1)Oc1ccccc1F.I. The van der Waals surface area contributed by atoms with Crippen LogP contribution in [0, 0.1) is 5.82 Å². The Morgan fingerprint density at radius 2 is 2.00 bits per heavy atom. The lowest BCUT2D eigenvalue weighted by molar-refractivity contribution is 0.00983. The van der Waals surface area contributed by atoms with Crippen molar-refractivity contribution in [1.82, 2.24) is 10.2 Å². The minimum atomic E-state index is -0.335. The van der Waals surface area contributed by atoms with Crippen LogP contribution in [0.5, 0.6) is 5.75 Å². The average Bonchev–Trinajstić information content (AvgIpc) is 2.73. The minimum absolute atomic E-state index is 0. The summed E-state index contributed by atoms with van der Waals surface area (Å²) in [4.78, 5) is 6.64. The lowest BCUT2D eigenvalue weighted by Gasteiger charge is -2.34. The number of guanidine groups is 1. The first-order chi connectivity index (χ1) is 13.7. The molecule has 1 unspecified atom stereocenters. The van der Waals surface area contributed by atoms with Crippen molar-refractivity contribution in [3.8, 4) is 5.75 Å². The second-order valence-electron chi connectivity index (χ2n) is 6.91. The van der Waals surface area contributed by atoms with Gasteiger partial charge in [-0.25, -0.2) is 4.39 Å². The summed E-state index contributed by atoms with van der Waals surface area (Å²) in [6.45, 7) is 5.90. The van der Waals surface area contributed by atoms with Crippen LogP contribution in [0.15, 0.2) is 29.3 Å². The third-order valence-corrected chi connectivity index (χ3v) is 4.87. The molecule has 1 aromatic carbocycles. The Hall–Kier alpha value is -1.13. The van der Waals surface area contributed by atoms with Crippen LogP contribution in [-0.2, 0) is 9.47 Å². The smallest absolute Gasteiger partial charge is 0.193 e. The molecule has 1 heterocycles. The summed E-state index contributed by atoms with van der Waals surface area (Å²) in [5, 5.41) is 3.38. The van der Waals surface area contributed by atoms with E-state index in [1.54, 1.807) is 32.4 Å². The lowest BCUT2D eigenvalue weighted by atomic mass is 10.1. The molecule has 0 bridgehead atoms.